The molecule has 4 aromatic rings. The summed E-state index contributed by atoms with van der Waals surface area (Å²) in [7, 11) is 0. The summed E-state index contributed by atoms with van der Waals surface area (Å²) < 4.78 is 7.80. The monoisotopic (exact) mass is 288 g/mol. The lowest BCUT2D eigenvalue weighted by atomic mass is 10.2. The zero-order valence-electron chi connectivity index (χ0n) is 10.6. The minimum absolute atomic E-state index is 0. The first-order chi connectivity index (χ1) is 9.40. The molecular weight excluding hydrogens is 276 g/mol. The largest absolute Gasteiger partial charge is 0.441 e. The van der Waals surface area contributed by atoms with Crippen LogP contribution < -0.4 is 0 Å². The molecule has 0 saturated carbocycles. The van der Waals surface area contributed by atoms with E-state index in [0.717, 1.165) is 40.9 Å². The van der Waals surface area contributed by atoms with Gasteiger partial charge in [-0.1, -0.05) is 0 Å². The van der Waals surface area contributed by atoms with Gasteiger partial charge in [0.15, 0.2) is 11.5 Å². The Morgan fingerprint density at radius 1 is 1.25 bits per heavy atom. The number of aromatic nitrogens is 4. The number of halogens is 1. The average molecular weight is 289 g/mol. The number of fused-ring (bicyclic) bond motifs is 3. The lowest BCUT2D eigenvalue weighted by molar-refractivity contribution is 0.505. The Balaban J connectivity index is 0.00000121. The highest BCUT2D eigenvalue weighted by molar-refractivity contribution is 6.02. The van der Waals surface area contributed by atoms with Crippen molar-refractivity contribution in [1.82, 2.24) is 19.5 Å². The molecule has 5 nitrogen and oxygen atoms in total. The third-order valence-corrected chi connectivity index (χ3v) is 3.28. The quantitative estimate of drug-likeness (QED) is 0.630. The van der Waals surface area contributed by atoms with Crippen molar-refractivity contribution in [2.24, 2.45) is 0 Å². The molecule has 20 heavy (non-hydrogen) atoms. The molecule has 0 radical (unpaired) electrons. The Bertz CT molecular complexity index is 831. The normalized spacial score (nSPS) is 11.0. The second-order valence-corrected chi connectivity index (χ2v) is 4.51. The van der Waals surface area contributed by atoms with Gasteiger partial charge in [0.25, 0.3) is 0 Å². The van der Waals surface area contributed by atoms with Crippen LogP contribution in [-0.4, -0.2) is 19.5 Å². The van der Waals surface area contributed by atoms with Crippen LogP contribution in [0.1, 0.15) is 5.89 Å². The van der Waals surface area contributed by atoms with Gasteiger partial charge in [0.05, 0.1) is 6.33 Å². The molecule has 0 aliphatic rings. The van der Waals surface area contributed by atoms with Crippen molar-refractivity contribution in [2.45, 2.75) is 13.0 Å². The van der Waals surface area contributed by atoms with Crippen molar-refractivity contribution in [2.75, 3.05) is 0 Å². The second kappa shape index (κ2) is 5.02. The number of aromatic amines is 1. The number of rotatable bonds is 3. The fourth-order valence-electron chi connectivity index (χ4n) is 2.32. The van der Waals surface area contributed by atoms with Crippen molar-refractivity contribution in [3.63, 3.8) is 0 Å². The third kappa shape index (κ3) is 2.06. The Kier molecular flexibility index (Phi) is 3.20. The summed E-state index contributed by atoms with van der Waals surface area (Å²) in [6.07, 6.45) is 8.19. The molecular formula is C14H13ClN4O. The molecule has 3 heterocycles. The van der Waals surface area contributed by atoms with Gasteiger partial charge in [0.1, 0.15) is 5.52 Å². The summed E-state index contributed by atoms with van der Waals surface area (Å²) in [6, 6.07) is 6.00. The van der Waals surface area contributed by atoms with Crippen molar-refractivity contribution in [3.05, 3.63) is 49.0 Å². The smallest absolute Gasteiger partial charge is 0.197 e. The standard InChI is InChI=1S/C14H12N4O.ClH/c1-2-12-14(10-3-5-16-11(1)10)17-13(19-12)4-7-18-8-6-15-9-18;/h1-3,5-6,8-9,16H,4,7H2;1H. The van der Waals surface area contributed by atoms with Crippen LogP contribution in [0.2, 0.25) is 0 Å². The summed E-state index contributed by atoms with van der Waals surface area (Å²) in [5, 5.41) is 1.11. The van der Waals surface area contributed by atoms with Gasteiger partial charge in [-0.05, 0) is 18.2 Å². The topological polar surface area (TPSA) is 59.6 Å². The van der Waals surface area contributed by atoms with Gasteiger partial charge >= 0.3 is 0 Å². The van der Waals surface area contributed by atoms with Gasteiger partial charge in [-0.15, -0.1) is 12.4 Å². The lowest BCUT2D eigenvalue weighted by Crippen LogP contribution is -1.98. The fraction of sp³-hybridized carbons (Fsp3) is 0.143. The third-order valence-electron chi connectivity index (χ3n) is 3.28. The van der Waals surface area contributed by atoms with Crippen LogP contribution in [0.3, 0.4) is 0 Å². The molecule has 1 aromatic carbocycles. The summed E-state index contributed by atoms with van der Waals surface area (Å²) in [4.78, 5) is 11.8. The zero-order chi connectivity index (χ0) is 12.7. The molecule has 0 aliphatic carbocycles. The van der Waals surface area contributed by atoms with E-state index in [1.807, 2.05) is 35.2 Å². The molecule has 1 N–H and O–H groups in total. The SMILES string of the molecule is Cl.c1cn(CCc2nc3c(ccc4[nH]ccc43)o2)cn1. The Labute approximate surface area is 121 Å². The van der Waals surface area contributed by atoms with Crippen LogP contribution in [0.15, 0.2) is 47.5 Å². The number of benzene rings is 1. The first-order valence-corrected chi connectivity index (χ1v) is 6.21. The van der Waals surface area contributed by atoms with E-state index in [4.69, 9.17) is 4.42 Å². The van der Waals surface area contributed by atoms with E-state index < -0.39 is 0 Å². The van der Waals surface area contributed by atoms with Crippen LogP contribution in [0.5, 0.6) is 0 Å². The molecule has 4 rings (SSSR count). The van der Waals surface area contributed by atoms with E-state index in [1.54, 1.807) is 12.5 Å². The van der Waals surface area contributed by atoms with Crippen LogP contribution in [-0.2, 0) is 13.0 Å². The summed E-state index contributed by atoms with van der Waals surface area (Å²) in [5.41, 5.74) is 2.86. The number of imidazole rings is 1. The lowest BCUT2D eigenvalue weighted by Gasteiger charge is -1.97. The molecule has 0 unspecified atom stereocenters. The van der Waals surface area contributed by atoms with Crippen LogP contribution >= 0.6 is 12.4 Å². The van der Waals surface area contributed by atoms with Crippen molar-refractivity contribution >= 4 is 34.4 Å². The predicted molar refractivity (Wildman–Crippen MR) is 79.0 cm³/mol. The molecule has 6 heteroatoms. The van der Waals surface area contributed by atoms with E-state index in [-0.39, 0.29) is 12.4 Å². The van der Waals surface area contributed by atoms with Gasteiger partial charge in [0.2, 0.25) is 0 Å². The summed E-state index contributed by atoms with van der Waals surface area (Å²) in [6.45, 7) is 0.823. The van der Waals surface area contributed by atoms with E-state index >= 15 is 0 Å². The average Bonchev–Trinajstić information content (AvgIpc) is 3.15. The molecule has 0 atom stereocenters. The number of hydrogen-bond donors (Lipinski definition) is 1. The molecule has 0 amide bonds. The van der Waals surface area contributed by atoms with Gasteiger partial charge in [-0.25, -0.2) is 9.97 Å². The maximum atomic E-state index is 5.79. The van der Waals surface area contributed by atoms with Crippen molar-refractivity contribution in [1.29, 1.82) is 0 Å². The highest BCUT2D eigenvalue weighted by Crippen LogP contribution is 2.25. The summed E-state index contributed by atoms with van der Waals surface area (Å²) in [5.74, 6) is 0.761. The van der Waals surface area contributed by atoms with Gasteiger partial charge in [-0.2, -0.15) is 0 Å². The molecule has 0 spiro atoms. The Hall–Kier alpha value is -2.27. The zero-order valence-corrected chi connectivity index (χ0v) is 11.4. The van der Waals surface area contributed by atoms with Crippen LogP contribution in [0, 0.1) is 0 Å². The van der Waals surface area contributed by atoms with Gasteiger partial charge in [-0.3, -0.25) is 0 Å². The molecule has 102 valence electrons. The maximum Gasteiger partial charge on any atom is 0.197 e. The molecule has 3 aromatic heterocycles. The first-order valence-electron chi connectivity index (χ1n) is 6.21. The fourth-order valence-corrected chi connectivity index (χ4v) is 2.32. The maximum absolute atomic E-state index is 5.79. The van der Waals surface area contributed by atoms with Crippen molar-refractivity contribution < 1.29 is 4.42 Å². The second-order valence-electron chi connectivity index (χ2n) is 4.51. The minimum atomic E-state index is 0. The Morgan fingerprint density at radius 3 is 3.05 bits per heavy atom. The van der Waals surface area contributed by atoms with Crippen LogP contribution in [0.4, 0.5) is 0 Å². The number of H-pyrrole nitrogens is 1. The van der Waals surface area contributed by atoms with Crippen molar-refractivity contribution in [3.8, 4) is 0 Å². The molecule has 0 bridgehead atoms. The minimum Gasteiger partial charge on any atom is -0.441 e. The number of oxazole rings is 1. The number of aryl methyl sites for hydroxylation is 2. The first kappa shape index (κ1) is 12.7. The molecule has 0 fully saturated rings. The molecule has 0 saturated heterocycles. The van der Waals surface area contributed by atoms with E-state index in [1.165, 1.54) is 0 Å². The summed E-state index contributed by atoms with van der Waals surface area (Å²) >= 11 is 0. The predicted octanol–water partition coefficient (Wildman–Crippen LogP) is 3.17. The van der Waals surface area contributed by atoms with Gasteiger partial charge < -0.3 is 14.0 Å². The number of nitrogens with zero attached hydrogens (tertiary/aromatic N) is 3. The van der Waals surface area contributed by atoms with E-state index in [2.05, 4.69) is 15.0 Å². The van der Waals surface area contributed by atoms with E-state index in [0.29, 0.717) is 0 Å². The number of nitrogens with one attached hydrogen (secondary N) is 1. The highest BCUT2D eigenvalue weighted by atomic mass is 35.5. The Morgan fingerprint density at radius 2 is 2.20 bits per heavy atom. The van der Waals surface area contributed by atoms with E-state index in [9.17, 15) is 0 Å². The number of hydrogen-bond acceptors (Lipinski definition) is 3. The van der Waals surface area contributed by atoms with Crippen LogP contribution in [0.25, 0.3) is 22.0 Å². The molecule has 0 aliphatic heterocycles. The van der Waals surface area contributed by atoms with Gasteiger partial charge in [0, 0.05) is 42.5 Å². The highest BCUT2D eigenvalue weighted by Gasteiger charge is 2.09.